The van der Waals surface area contributed by atoms with Gasteiger partial charge in [-0.2, -0.15) is 0 Å². The van der Waals surface area contributed by atoms with Gasteiger partial charge in [0, 0.05) is 35.7 Å². The number of hydrogen-bond acceptors (Lipinski definition) is 3. The summed E-state index contributed by atoms with van der Waals surface area (Å²) in [5.41, 5.74) is 0.800. The van der Waals surface area contributed by atoms with Gasteiger partial charge in [-0.3, -0.25) is 9.69 Å². The van der Waals surface area contributed by atoms with Crippen molar-refractivity contribution in [1.29, 1.82) is 0 Å². The second-order valence-electron chi connectivity index (χ2n) is 6.51. The van der Waals surface area contributed by atoms with Gasteiger partial charge in [-0.1, -0.05) is 56.0 Å². The molecule has 0 bridgehead atoms. The maximum atomic E-state index is 12.4. The van der Waals surface area contributed by atoms with E-state index >= 15 is 0 Å². The maximum absolute atomic E-state index is 12.4. The second kappa shape index (κ2) is 10.4. The van der Waals surface area contributed by atoms with Gasteiger partial charge in [0.2, 0.25) is 5.91 Å². The van der Waals surface area contributed by atoms with Gasteiger partial charge in [0.1, 0.15) is 0 Å². The zero-order chi connectivity index (χ0) is 18.2. The number of morpholine rings is 1. The van der Waals surface area contributed by atoms with Crippen LogP contribution in [0.25, 0.3) is 0 Å². The molecule has 1 aliphatic heterocycles. The molecule has 4 nitrogen and oxygen atoms in total. The molecular weight excluding hydrogens is 359 g/mol. The lowest BCUT2D eigenvalue weighted by atomic mass is 9.92. The summed E-state index contributed by atoms with van der Waals surface area (Å²) in [7, 11) is 0. The number of ether oxygens (including phenoxy) is 1. The van der Waals surface area contributed by atoms with Crippen LogP contribution >= 0.6 is 23.2 Å². The fourth-order valence-electron chi connectivity index (χ4n) is 3.45. The summed E-state index contributed by atoms with van der Waals surface area (Å²) in [6.07, 6.45) is 2.49. The smallest absolute Gasteiger partial charge is 0.224 e. The molecule has 1 saturated heterocycles. The first-order valence-corrected chi connectivity index (χ1v) is 9.83. The Labute approximate surface area is 160 Å². The predicted molar refractivity (Wildman–Crippen MR) is 103 cm³/mol. The van der Waals surface area contributed by atoms with Crippen LogP contribution in [0.15, 0.2) is 18.2 Å². The van der Waals surface area contributed by atoms with Gasteiger partial charge >= 0.3 is 0 Å². The SMILES string of the molecule is CCC(CC)C(CNC(=O)Cc1ccc(Cl)cc1Cl)N1CCOCC1. The van der Waals surface area contributed by atoms with Gasteiger partial charge in [-0.05, 0) is 23.6 Å². The van der Waals surface area contributed by atoms with Crippen molar-refractivity contribution in [2.24, 2.45) is 5.92 Å². The first-order chi connectivity index (χ1) is 12.0. The quantitative estimate of drug-likeness (QED) is 0.738. The highest BCUT2D eigenvalue weighted by Crippen LogP contribution is 2.22. The largest absolute Gasteiger partial charge is 0.379 e. The Bertz CT molecular complexity index is 558. The zero-order valence-electron chi connectivity index (χ0n) is 15.1. The zero-order valence-corrected chi connectivity index (χ0v) is 16.6. The van der Waals surface area contributed by atoms with Crippen molar-refractivity contribution >= 4 is 29.1 Å². The van der Waals surface area contributed by atoms with Crippen LogP contribution < -0.4 is 5.32 Å². The highest BCUT2D eigenvalue weighted by Gasteiger charge is 2.27. The summed E-state index contributed by atoms with van der Waals surface area (Å²) in [4.78, 5) is 14.8. The van der Waals surface area contributed by atoms with Crippen molar-refractivity contribution in [3.05, 3.63) is 33.8 Å². The van der Waals surface area contributed by atoms with Crippen LogP contribution in [0.4, 0.5) is 0 Å². The van der Waals surface area contributed by atoms with Crippen LogP contribution in [0, 0.1) is 5.92 Å². The average molecular weight is 387 g/mol. The molecule has 25 heavy (non-hydrogen) atoms. The normalized spacial score (nSPS) is 16.8. The van der Waals surface area contributed by atoms with Crippen LogP contribution in [0.1, 0.15) is 32.3 Å². The van der Waals surface area contributed by atoms with E-state index in [0.717, 1.165) is 44.7 Å². The molecule has 1 atom stereocenters. The van der Waals surface area contributed by atoms with E-state index < -0.39 is 0 Å². The summed E-state index contributed by atoms with van der Waals surface area (Å²) in [6, 6.07) is 5.59. The third-order valence-electron chi connectivity index (χ3n) is 4.98. The fraction of sp³-hybridized carbons (Fsp3) is 0.632. The van der Waals surface area contributed by atoms with Gasteiger partial charge in [-0.25, -0.2) is 0 Å². The van der Waals surface area contributed by atoms with Gasteiger partial charge in [0.05, 0.1) is 19.6 Å². The maximum Gasteiger partial charge on any atom is 0.224 e. The molecule has 1 heterocycles. The number of nitrogens with zero attached hydrogens (tertiary/aromatic N) is 1. The molecule has 6 heteroatoms. The minimum Gasteiger partial charge on any atom is -0.379 e. The molecule has 1 aromatic rings. The molecule has 0 saturated carbocycles. The predicted octanol–water partition coefficient (Wildman–Crippen LogP) is 3.79. The lowest BCUT2D eigenvalue weighted by Crippen LogP contribution is -2.52. The van der Waals surface area contributed by atoms with Gasteiger partial charge in [-0.15, -0.1) is 0 Å². The van der Waals surface area contributed by atoms with E-state index in [-0.39, 0.29) is 12.3 Å². The molecule has 1 unspecified atom stereocenters. The number of carbonyl (C=O) groups excluding carboxylic acids is 1. The molecule has 1 N–H and O–H groups in total. The highest BCUT2D eigenvalue weighted by atomic mass is 35.5. The van der Waals surface area contributed by atoms with Crippen molar-refractivity contribution < 1.29 is 9.53 Å². The summed E-state index contributed by atoms with van der Waals surface area (Å²) in [5.74, 6) is 0.561. The molecule has 1 aromatic carbocycles. The van der Waals surface area contributed by atoms with Gasteiger partial charge < -0.3 is 10.1 Å². The third-order valence-corrected chi connectivity index (χ3v) is 5.57. The van der Waals surface area contributed by atoms with Crippen molar-refractivity contribution in [3.63, 3.8) is 0 Å². The molecule has 0 spiro atoms. The minimum atomic E-state index is -0.00608. The molecule has 1 aliphatic rings. The van der Waals surface area contributed by atoms with Gasteiger partial charge in [0.15, 0.2) is 0 Å². The van der Waals surface area contributed by atoms with E-state index in [9.17, 15) is 4.79 Å². The van der Waals surface area contributed by atoms with E-state index in [1.54, 1.807) is 12.1 Å². The number of benzene rings is 1. The van der Waals surface area contributed by atoms with Crippen LogP contribution in [0.5, 0.6) is 0 Å². The van der Waals surface area contributed by atoms with Crippen molar-refractivity contribution in [1.82, 2.24) is 10.2 Å². The number of amides is 1. The third kappa shape index (κ3) is 6.14. The number of nitrogens with one attached hydrogen (secondary N) is 1. The van der Waals surface area contributed by atoms with Crippen LogP contribution in [0.3, 0.4) is 0 Å². The lowest BCUT2D eigenvalue weighted by molar-refractivity contribution is -0.121. The number of hydrogen-bond donors (Lipinski definition) is 1. The molecule has 2 rings (SSSR count). The Morgan fingerprint density at radius 1 is 1.24 bits per heavy atom. The number of rotatable bonds is 8. The first-order valence-electron chi connectivity index (χ1n) is 9.07. The fourth-order valence-corrected chi connectivity index (χ4v) is 3.93. The van der Waals surface area contributed by atoms with E-state index in [0.29, 0.717) is 28.5 Å². The Morgan fingerprint density at radius 3 is 2.52 bits per heavy atom. The van der Waals surface area contributed by atoms with E-state index in [4.69, 9.17) is 27.9 Å². The Kier molecular flexibility index (Phi) is 8.50. The highest BCUT2D eigenvalue weighted by molar-refractivity contribution is 6.35. The average Bonchev–Trinajstić information content (AvgIpc) is 2.62. The number of carbonyl (C=O) groups is 1. The summed E-state index contributed by atoms with van der Waals surface area (Å²) in [5, 5.41) is 4.22. The Hall–Kier alpha value is -0.810. The Balaban J connectivity index is 1.95. The summed E-state index contributed by atoms with van der Waals surface area (Å²) >= 11 is 12.1. The monoisotopic (exact) mass is 386 g/mol. The van der Waals surface area contributed by atoms with Crippen LogP contribution in [-0.4, -0.2) is 49.7 Å². The Morgan fingerprint density at radius 2 is 1.92 bits per heavy atom. The molecule has 0 aliphatic carbocycles. The molecular formula is C19H28Cl2N2O2. The van der Waals surface area contributed by atoms with Crippen LogP contribution in [-0.2, 0) is 16.0 Å². The summed E-state index contributed by atoms with van der Waals surface area (Å²) < 4.78 is 5.47. The molecule has 1 fully saturated rings. The van der Waals surface area contributed by atoms with E-state index in [1.165, 1.54) is 0 Å². The van der Waals surface area contributed by atoms with Gasteiger partial charge in [0.25, 0.3) is 0 Å². The van der Waals surface area contributed by atoms with Crippen molar-refractivity contribution in [2.45, 2.75) is 39.2 Å². The summed E-state index contributed by atoms with van der Waals surface area (Å²) in [6.45, 7) is 8.50. The van der Waals surface area contributed by atoms with E-state index in [2.05, 4.69) is 24.1 Å². The molecule has 0 aromatic heterocycles. The molecule has 0 radical (unpaired) electrons. The molecule has 1 amide bonds. The number of halogens is 2. The topological polar surface area (TPSA) is 41.6 Å². The standard InChI is InChI=1S/C19H28Cl2N2O2/c1-3-14(4-2)18(23-7-9-25-10-8-23)13-22-19(24)11-15-5-6-16(20)12-17(15)21/h5-6,12,14,18H,3-4,7-11,13H2,1-2H3,(H,22,24). The first kappa shape index (κ1) is 20.5. The van der Waals surface area contributed by atoms with E-state index in [1.807, 2.05) is 6.07 Å². The second-order valence-corrected chi connectivity index (χ2v) is 7.35. The van der Waals surface area contributed by atoms with Crippen LogP contribution in [0.2, 0.25) is 10.0 Å². The minimum absolute atomic E-state index is 0.00608. The van der Waals surface area contributed by atoms with Crippen molar-refractivity contribution in [3.8, 4) is 0 Å². The lowest BCUT2D eigenvalue weighted by Gasteiger charge is -2.38. The molecule has 140 valence electrons. The van der Waals surface area contributed by atoms with Crippen molar-refractivity contribution in [2.75, 3.05) is 32.8 Å².